The SMILES string of the molecule is CCC1=Cc2c(-c3cc4ccccc4s3)cccc2[CH]1[Zr+2]([CH]1C(CC)=Cc2c(-c3cc4ccccc4s3)cccc21)=[Si](C)C.[Cl-].[Cl-]. The summed E-state index contributed by atoms with van der Waals surface area (Å²) in [4.78, 5) is 2.82. The minimum atomic E-state index is -2.16. The normalized spacial score (nSPS) is 16.2. The summed E-state index contributed by atoms with van der Waals surface area (Å²) in [5.74, 6) is 0. The number of fused-ring (bicyclic) bond motifs is 4. The molecule has 2 unspecified atom stereocenters. The molecule has 46 heavy (non-hydrogen) atoms. The Labute approximate surface area is 301 Å². The maximum absolute atomic E-state index is 2.65. The first kappa shape index (κ1) is 33.8. The second kappa shape index (κ2) is 13.8. The van der Waals surface area contributed by atoms with Crippen LogP contribution in [-0.2, 0) is 20.4 Å². The summed E-state index contributed by atoms with van der Waals surface area (Å²) in [6.45, 7) is 10.1. The van der Waals surface area contributed by atoms with E-state index in [1.165, 1.54) is 52.2 Å². The zero-order valence-corrected chi connectivity index (χ0v) is 33.1. The molecule has 0 spiro atoms. The zero-order chi connectivity index (χ0) is 29.9. The molecule has 0 fully saturated rings. The van der Waals surface area contributed by atoms with Gasteiger partial charge in [-0.3, -0.25) is 0 Å². The zero-order valence-electron chi connectivity index (χ0n) is 26.5. The van der Waals surface area contributed by atoms with Crippen LogP contribution >= 0.6 is 22.7 Å². The molecule has 2 aliphatic rings. The van der Waals surface area contributed by atoms with Crippen molar-refractivity contribution in [2.24, 2.45) is 0 Å². The molecule has 0 amide bonds. The molecular weight excluding hydrogens is 735 g/mol. The average Bonchev–Trinajstić information content (AvgIpc) is 3.83. The van der Waals surface area contributed by atoms with Crippen molar-refractivity contribution in [2.75, 3.05) is 0 Å². The quantitative estimate of drug-likeness (QED) is 0.165. The van der Waals surface area contributed by atoms with Crippen LogP contribution in [0.15, 0.2) is 108 Å². The van der Waals surface area contributed by atoms with E-state index in [1.54, 1.807) is 22.3 Å². The Hall–Kier alpha value is -2.04. The Kier molecular flexibility index (Phi) is 10.2. The fraction of sp³-hybridized carbons (Fsp3) is 0.200. The van der Waals surface area contributed by atoms with E-state index < -0.39 is 25.8 Å². The van der Waals surface area contributed by atoms with Crippen LogP contribution in [0.25, 0.3) is 53.2 Å². The number of halogens is 2. The first-order chi connectivity index (χ1) is 21.6. The van der Waals surface area contributed by atoms with E-state index in [2.05, 4.69) is 136 Å². The fourth-order valence-corrected chi connectivity index (χ4v) is 30.7. The molecule has 0 nitrogen and oxygen atoms in total. The van der Waals surface area contributed by atoms with Gasteiger partial charge in [-0.1, -0.05) is 0 Å². The Balaban J connectivity index is 0.00000186. The van der Waals surface area contributed by atoms with Crippen LogP contribution in [0.4, 0.5) is 0 Å². The predicted molar refractivity (Wildman–Crippen MR) is 194 cm³/mol. The summed E-state index contributed by atoms with van der Waals surface area (Å²) in [7, 11) is 0. The van der Waals surface area contributed by atoms with Gasteiger partial charge in [0.2, 0.25) is 0 Å². The number of hydrogen-bond donors (Lipinski definition) is 0. The van der Waals surface area contributed by atoms with Crippen LogP contribution in [-0.4, -0.2) is 5.43 Å². The van der Waals surface area contributed by atoms with Crippen LogP contribution in [0.5, 0.6) is 0 Å². The van der Waals surface area contributed by atoms with Gasteiger partial charge in [-0.15, -0.1) is 0 Å². The smallest absolute Gasteiger partial charge is 1.00 e. The number of allylic oxidation sites excluding steroid dienone is 2. The Morgan fingerprint density at radius 3 is 1.41 bits per heavy atom. The molecule has 0 bridgehead atoms. The number of rotatable bonds is 6. The van der Waals surface area contributed by atoms with Gasteiger partial charge in [-0.2, -0.15) is 0 Å². The molecule has 0 N–H and O–H groups in total. The van der Waals surface area contributed by atoms with Gasteiger partial charge >= 0.3 is 279 Å². The molecule has 4 aromatic carbocycles. The number of benzene rings is 4. The minimum absolute atomic E-state index is 0. The largest absolute Gasteiger partial charge is 1.00 e. The van der Waals surface area contributed by atoms with Crippen LogP contribution in [0, 0.1) is 0 Å². The Bertz CT molecular complexity index is 1980. The van der Waals surface area contributed by atoms with Crippen LogP contribution in [0.2, 0.25) is 13.1 Å². The van der Waals surface area contributed by atoms with Gasteiger partial charge in [0.05, 0.1) is 0 Å². The van der Waals surface area contributed by atoms with E-state index >= 15 is 0 Å². The molecule has 230 valence electrons. The third-order valence-electron chi connectivity index (χ3n) is 9.70. The molecule has 2 aliphatic carbocycles. The molecule has 0 aliphatic heterocycles. The maximum Gasteiger partial charge on any atom is -1.00 e. The van der Waals surface area contributed by atoms with Gasteiger partial charge in [-0.25, -0.2) is 0 Å². The van der Waals surface area contributed by atoms with Gasteiger partial charge in [0.1, 0.15) is 0 Å². The van der Waals surface area contributed by atoms with E-state index in [0.29, 0.717) is 7.25 Å². The van der Waals surface area contributed by atoms with Crippen molar-refractivity contribution in [1.29, 1.82) is 0 Å². The van der Waals surface area contributed by atoms with Crippen molar-refractivity contribution < 1.29 is 45.2 Å². The minimum Gasteiger partial charge on any atom is -1.00 e. The molecule has 2 aromatic heterocycles. The fourth-order valence-electron chi connectivity index (χ4n) is 7.68. The summed E-state index contributed by atoms with van der Waals surface area (Å²) in [5.41, 5.74) is 12.1. The monoisotopic (exact) mass is 768 g/mol. The second-order valence-corrected chi connectivity index (χ2v) is 32.4. The molecule has 0 radical (unpaired) electrons. The summed E-state index contributed by atoms with van der Waals surface area (Å²) >= 11 is 1.73. The summed E-state index contributed by atoms with van der Waals surface area (Å²) in [6.07, 6.45) is 7.56. The van der Waals surface area contributed by atoms with Gasteiger partial charge in [0.15, 0.2) is 0 Å². The molecule has 2 heterocycles. The van der Waals surface area contributed by atoms with Gasteiger partial charge in [-0.05, 0) is 0 Å². The van der Waals surface area contributed by atoms with E-state index in [4.69, 9.17) is 0 Å². The van der Waals surface area contributed by atoms with Gasteiger partial charge in [0.25, 0.3) is 0 Å². The molecule has 6 aromatic rings. The number of hydrogen-bond acceptors (Lipinski definition) is 2. The van der Waals surface area contributed by atoms with E-state index in [-0.39, 0.29) is 24.8 Å². The van der Waals surface area contributed by atoms with Crippen LogP contribution in [0.1, 0.15) is 56.2 Å². The van der Waals surface area contributed by atoms with Crippen molar-refractivity contribution in [3.05, 3.63) is 130 Å². The molecule has 8 rings (SSSR count). The maximum atomic E-state index is 2.65. The second-order valence-electron chi connectivity index (χ2n) is 12.4. The Morgan fingerprint density at radius 1 is 0.587 bits per heavy atom. The molecule has 6 heteroatoms. The van der Waals surface area contributed by atoms with E-state index in [1.807, 2.05) is 22.7 Å². The van der Waals surface area contributed by atoms with Crippen LogP contribution in [0.3, 0.4) is 0 Å². The standard InChI is InChI=1S/2C19H15S.C2H6Si.2ClH.Zr/c2*1-2-13-10-14-7-5-8-16(17(14)11-13)19-12-15-6-3-4-9-18(15)20-19;1-3-2;;;/h2*3-12H,2H2,1H3;1-2H3;2*1H;/q;;;;;+2/p-2. The third kappa shape index (κ3) is 5.62. The predicted octanol–water partition coefficient (Wildman–Crippen LogP) is 6.72. The van der Waals surface area contributed by atoms with Gasteiger partial charge in [0, 0.05) is 0 Å². The molecular formula is C40H36Cl2S2SiZr. The van der Waals surface area contributed by atoms with E-state index in [9.17, 15) is 0 Å². The first-order valence-electron chi connectivity index (χ1n) is 15.9. The summed E-state index contributed by atoms with van der Waals surface area (Å²) < 4.78 is 4.09. The van der Waals surface area contributed by atoms with Crippen molar-refractivity contribution in [1.82, 2.24) is 0 Å². The Morgan fingerprint density at radius 2 is 1.02 bits per heavy atom. The topological polar surface area (TPSA) is 0 Å². The van der Waals surface area contributed by atoms with Crippen molar-refractivity contribution in [2.45, 2.75) is 47.0 Å². The average molecular weight is 771 g/mol. The summed E-state index contributed by atoms with van der Waals surface area (Å²) in [5, 5.41) is 2.72. The van der Waals surface area contributed by atoms with Crippen molar-refractivity contribution in [3.63, 3.8) is 0 Å². The number of thiophene rings is 2. The van der Waals surface area contributed by atoms with Gasteiger partial charge < -0.3 is 24.8 Å². The molecule has 0 saturated heterocycles. The van der Waals surface area contributed by atoms with Crippen LogP contribution < -0.4 is 24.8 Å². The molecule has 2 atom stereocenters. The third-order valence-corrected chi connectivity index (χ3v) is 31.5. The van der Waals surface area contributed by atoms with Crippen molar-refractivity contribution in [3.8, 4) is 20.9 Å². The summed E-state index contributed by atoms with van der Waals surface area (Å²) in [6, 6.07) is 37.0. The molecule has 0 saturated carbocycles. The van der Waals surface area contributed by atoms with E-state index in [0.717, 1.165) is 12.8 Å². The van der Waals surface area contributed by atoms with Crippen molar-refractivity contribution >= 4 is 60.4 Å². The first-order valence-corrected chi connectivity index (χ1v) is 26.5.